The summed E-state index contributed by atoms with van der Waals surface area (Å²) in [6.07, 6.45) is 6.83. The maximum atomic E-state index is 16.5. The molecule has 4 N–H and O–H groups in total. The molecule has 8 atom stereocenters. The number of nitrogens with zero attached hydrogens (tertiary/aromatic N) is 2. The first-order valence-electron chi connectivity index (χ1n) is 38.5. The lowest BCUT2D eigenvalue weighted by Crippen LogP contribution is -2.58. The smallest absolute Gasteiger partial charge is 0.262 e. The molecule has 2 saturated carbocycles. The van der Waals surface area contributed by atoms with Gasteiger partial charge in [-0.2, -0.15) is 0 Å². The molecule has 9 aromatic carbocycles. The SMILES string of the molecule is CC(C)c1ccc(Oc2cc3c4c(cc(Oc5ccc(C(C)C)cc5)c5c6c(Oc7ccc(C(C)C)cc7)cc7c8c(cc(Oc9ccc(C(C)C)cc9)c(c2c45)c86)C(=O)N(C(C(=O)NC2CCCC(NCC4CO4)C2)C(C)C)C7=O)C(=O)N(C(C(=O)NC2CCCC(NCC4CO4)C2)C(C)C)C3=O)cc1. The Morgan fingerprint density at radius 1 is 0.377 bits per heavy atom. The molecule has 18 nitrogen and oxygen atoms in total. The van der Waals surface area contributed by atoms with Gasteiger partial charge in [-0.05, 0) is 182 Å². The van der Waals surface area contributed by atoms with E-state index in [1.807, 2.05) is 125 Å². The van der Waals surface area contributed by atoms with E-state index in [1.54, 1.807) is 24.3 Å². The van der Waals surface area contributed by atoms with Crippen LogP contribution in [-0.2, 0) is 19.1 Å². The molecule has 9 aromatic rings. The number of fused-ring (bicyclic) bond motifs is 2. The van der Waals surface area contributed by atoms with E-state index in [4.69, 9.17) is 28.4 Å². The number of carbonyl (C=O) groups excluding carboxylic acids is 6. The summed E-state index contributed by atoms with van der Waals surface area (Å²) < 4.78 is 40.5. The van der Waals surface area contributed by atoms with Gasteiger partial charge in [0.25, 0.3) is 23.6 Å². The Bertz CT molecular complexity index is 4340. The van der Waals surface area contributed by atoms with E-state index < -0.39 is 59.4 Å². The van der Waals surface area contributed by atoms with Gasteiger partial charge in [0.15, 0.2) is 0 Å². The molecular formula is C88H98N6O12. The molecule has 6 aliphatic rings. The van der Waals surface area contributed by atoms with Crippen molar-refractivity contribution in [3.63, 3.8) is 0 Å². The molecule has 4 heterocycles. The van der Waals surface area contributed by atoms with Crippen LogP contribution in [-0.4, -0.2) is 120 Å². The number of amides is 6. The van der Waals surface area contributed by atoms with Gasteiger partial charge in [-0.15, -0.1) is 0 Å². The number of hydrogen-bond acceptors (Lipinski definition) is 14. The molecule has 106 heavy (non-hydrogen) atoms. The largest absolute Gasteiger partial charge is 0.457 e. The van der Waals surface area contributed by atoms with Crippen LogP contribution < -0.4 is 40.2 Å². The standard InChI is InChI=1S/C88H98N6O12/c1-45(2)51-19-27-59(28-20-51)103-69-37-65-73-66(86(98)93(85(65)97)81(49(9)10)83(95)91-57-17-13-15-55(35-57)89-41-63-43-101-63)39-71(105-61-31-23-53(24-32-61)47(5)6)77-78-72(106-62-33-25-54(26-34-62)48(7)8)40-68-74-67(38-70(76(80(74)78)75(69)79(73)77)104-60-29-21-52(22-30-60)46(3)4)87(99)94(88(68)100)82(50(11)12)84(96)92-58-18-14-16-56(36-58)90-42-64-44-102-64/h19-34,37-40,45-50,55-58,63-64,81-82,89-90H,13-18,35-36,41-44H2,1-12H3,(H,91,95)(H,92,96). The Morgan fingerprint density at radius 2 is 0.632 bits per heavy atom. The fourth-order valence-corrected chi connectivity index (χ4v) is 16.6. The van der Waals surface area contributed by atoms with Gasteiger partial charge in [-0.1, -0.05) is 132 Å². The van der Waals surface area contributed by atoms with Crippen molar-refractivity contribution in [1.82, 2.24) is 31.1 Å². The molecule has 4 aliphatic heterocycles. The van der Waals surface area contributed by atoms with Crippen molar-refractivity contribution in [2.45, 2.75) is 207 Å². The minimum atomic E-state index is -1.27. The first kappa shape index (κ1) is 72.1. The second kappa shape index (κ2) is 29.4. The van der Waals surface area contributed by atoms with Crippen LogP contribution in [0.4, 0.5) is 0 Å². The Kier molecular flexibility index (Phi) is 20.0. The average Bonchev–Trinajstić information content (AvgIpc) is 0.809. The van der Waals surface area contributed by atoms with Crippen LogP contribution in [0, 0.1) is 11.8 Å². The minimum Gasteiger partial charge on any atom is -0.457 e. The van der Waals surface area contributed by atoms with Gasteiger partial charge >= 0.3 is 0 Å². The molecule has 0 bridgehead atoms. The Hall–Kier alpha value is -9.46. The Morgan fingerprint density at radius 3 is 0.868 bits per heavy atom. The number of benzene rings is 9. The van der Waals surface area contributed by atoms with Crippen molar-refractivity contribution in [2.24, 2.45) is 11.8 Å². The number of ether oxygens (including phenoxy) is 6. The van der Waals surface area contributed by atoms with Crippen molar-refractivity contribution >= 4 is 78.5 Å². The topological polar surface area (TPSA) is 219 Å². The van der Waals surface area contributed by atoms with Gasteiger partial charge < -0.3 is 49.7 Å². The summed E-state index contributed by atoms with van der Waals surface area (Å²) in [6.45, 7) is 27.2. The van der Waals surface area contributed by atoms with Crippen LogP contribution in [0.25, 0.3) is 43.1 Å². The van der Waals surface area contributed by atoms with Crippen LogP contribution in [0.3, 0.4) is 0 Å². The lowest BCUT2D eigenvalue weighted by atomic mass is 9.80. The molecule has 0 aromatic heterocycles. The zero-order valence-electron chi connectivity index (χ0n) is 62.9. The highest BCUT2D eigenvalue weighted by Crippen LogP contribution is 2.58. The molecule has 0 spiro atoms. The molecule has 8 unspecified atom stereocenters. The van der Waals surface area contributed by atoms with E-state index in [9.17, 15) is 0 Å². The fourth-order valence-electron chi connectivity index (χ4n) is 16.6. The van der Waals surface area contributed by atoms with Gasteiger partial charge in [-0.3, -0.25) is 38.6 Å². The van der Waals surface area contributed by atoms with E-state index in [1.165, 1.54) is 0 Å². The predicted octanol–water partition coefficient (Wildman–Crippen LogP) is 17.5. The van der Waals surface area contributed by atoms with Gasteiger partial charge in [0.2, 0.25) is 11.8 Å². The van der Waals surface area contributed by atoms with Crippen LogP contribution in [0.2, 0.25) is 0 Å². The fraction of sp³-hybridized carbons (Fsp3) is 0.432. The highest BCUT2D eigenvalue weighted by atomic mass is 16.6. The van der Waals surface area contributed by atoms with Gasteiger partial charge in [0.1, 0.15) is 58.1 Å². The number of hydrogen-bond donors (Lipinski definition) is 4. The van der Waals surface area contributed by atoms with Crippen molar-refractivity contribution in [1.29, 1.82) is 0 Å². The monoisotopic (exact) mass is 1430 g/mol. The van der Waals surface area contributed by atoms with Crippen LogP contribution in [0.1, 0.15) is 222 Å². The Balaban J connectivity index is 1.01. The second-order valence-corrected chi connectivity index (χ2v) is 32.2. The third kappa shape index (κ3) is 14.1. The molecule has 6 amide bonds. The summed E-state index contributed by atoms with van der Waals surface area (Å²) in [4.78, 5) is 99.0. The van der Waals surface area contributed by atoms with Gasteiger partial charge in [0, 0.05) is 80.3 Å². The maximum absolute atomic E-state index is 16.5. The average molecular weight is 1430 g/mol. The van der Waals surface area contributed by atoms with E-state index in [-0.39, 0.29) is 116 Å². The lowest BCUT2D eigenvalue weighted by Gasteiger charge is -2.38. The minimum absolute atomic E-state index is 0.0818. The first-order valence-corrected chi connectivity index (χ1v) is 38.5. The van der Waals surface area contributed by atoms with Crippen molar-refractivity contribution in [3.05, 3.63) is 166 Å². The zero-order chi connectivity index (χ0) is 74.3. The number of carbonyl (C=O) groups is 6. The lowest BCUT2D eigenvalue weighted by molar-refractivity contribution is -0.128. The molecule has 2 aliphatic carbocycles. The van der Waals surface area contributed by atoms with Gasteiger partial charge in [-0.25, -0.2) is 0 Å². The van der Waals surface area contributed by atoms with E-state index in [2.05, 4.69) is 76.7 Å². The molecular weight excluding hydrogens is 1330 g/mol. The molecule has 4 fully saturated rings. The number of epoxide rings is 2. The second-order valence-electron chi connectivity index (χ2n) is 32.2. The number of nitrogens with one attached hydrogen (secondary N) is 4. The number of rotatable bonds is 26. The molecule has 0 radical (unpaired) electrons. The van der Waals surface area contributed by atoms with Crippen molar-refractivity contribution < 1.29 is 57.2 Å². The van der Waals surface area contributed by atoms with Gasteiger partial charge in [0.05, 0.1) is 47.7 Å². The number of imide groups is 2. The van der Waals surface area contributed by atoms with E-state index >= 15 is 28.8 Å². The molecule has 15 rings (SSSR count). The van der Waals surface area contributed by atoms with Crippen LogP contribution in [0.15, 0.2) is 121 Å². The summed E-state index contributed by atoms with van der Waals surface area (Å²) in [6, 6.07) is 35.0. The van der Waals surface area contributed by atoms with E-state index in [0.717, 1.165) is 96.9 Å². The normalized spacial score (nSPS) is 20.7. The summed E-state index contributed by atoms with van der Waals surface area (Å²) in [5, 5.41) is 16.5. The summed E-state index contributed by atoms with van der Waals surface area (Å²) in [5.41, 5.74) is 4.56. The van der Waals surface area contributed by atoms with E-state index in [0.29, 0.717) is 68.2 Å². The molecule has 2 saturated heterocycles. The predicted molar refractivity (Wildman–Crippen MR) is 412 cm³/mol. The highest BCUT2D eigenvalue weighted by Gasteiger charge is 2.48. The zero-order valence-corrected chi connectivity index (χ0v) is 62.9. The first-order chi connectivity index (χ1) is 51.0. The summed E-state index contributed by atoms with van der Waals surface area (Å²) in [5.74, 6) is -1.89. The van der Waals surface area contributed by atoms with Crippen molar-refractivity contribution in [3.8, 4) is 46.0 Å². The molecule has 552 valence electrons. The summed E-state index contributed by atoms with van der Waals surface area (Å²) in [7, 11) is 0. The molecule has 18 heteroatoms. The maximum Gasteiger partial charge on any atom is 0.262 e. The third-order valence-electron chi connectivity index (χ3n) is 22.5. The summed E-state index contributed by atoms with van der Waals surface area (Å²) >= 11 is 0. The third-order valence-corrected chi connectivity index (χ3v) is 22.5. The van der Waals surface area contributed by atoms with Crippen molar-refractivity contribution in [2.75, 3.05) is 26.3 Å². The highest BCUT2D eigenvalue weighted by molar-refractivity contribution is 6.45. The van der Waals surface area contributed by atoms with Crippen LogP contribution >= 0.6 is 0 Å². The van der Waals surface area contributed by atoms with Crippen LogP contribution in [0.5, 0.6) is 46.0 Å². The quantitative estimate of drug-likeness (QED) is 0.0172. The Labute approximate surface area is 620 Å².